The van der Waals surface area contributed by atoms with Gasteiger partial charge in [0.15, 0.2) is 0 Å². The number of carbonyl (C=O) groups is 1. The fourth-order valence-electron chi connectivity index (χ4n) is 4.01. The van der Waals surface area contributed by atoms with E-state index < -0.39 is 0 Å². The van der Waals surface area contributed by atoms with Crippen LogP contribution in [0.4, 0.5) is 5.69 Å². The SMILES string of the molecule is COc1ccc(NC(=O)c2c(C)c(-c3ccc(OC)cc3)nc3c(C)cc(C)cc23)cc1. The van der Waals surface area contributed by atoms with Crippen molar-refractivity contribution in [3.05, 3.63) is 82.9 Å². The van der Waals surface area contributed by atoms with Crippen LogP contribution < -0.4 is 14.8 Å². The molecule has 3 aromatic carbocycles. The van der Waals surface area contributed by atoms with Crippen LogP contribution in [0.2, 0.25) is 0 Å². The summed E-state index contributed by atoms with van der Waals surface area (Å²) in [5, 5.41) is 3.89. The van der Waals surface area contributed by atoms with E-state index >= 15 is 0 Å². The van der Waals surface area contributed by atoms with E-state index in [0.717, 1.165) is 50.3 Å². The van der Waals surface area contributed by atoms with Crippen LogP contribution in [-0.4, -0.2) is 25.1 Å². The molecule has 0 fully saturated rings. The lowest BCUT2D eigenvalue weighted by Gasteiger charge is -2.17. The Morgan fingerprint density at radius 3 is 2.03 bits per heavy atom. The highest BCUT2D eigenvalue weighted by Gasteiger charge is 2.20. The summed E-state index contributed by atoms with van der Waals surface area (Å²) in [6, 6.07) is 19.2. The number of carbonyl (C=O) groups excluding carboxylic acids is 1. The van der Waals surface area contributed by atoms with Gasteiger partial charge in [-0.2, -0.15) is 0 Å². The Bertz CT molecular complexity index is 1290. The van der Waals surface area contributed by atoms with Gasteiger partial charge in [0.25, 0.3) is 5.91 Å². The molecule has 0 aliphatic heterocycles. The van der Waals surface area contributed by atoms with Gasteiger partial charge in [-0.25, -0.2) is 4.98 Å². The average molecular weight is 427 g/mol. The minimum atomic E-state index is -0.167. The number of pyridine rings is 1. The molecule has 0 atom stereocenters. The monoisotopic (exact) mass is 426 g/mol. The van der Waals surface area contributed by atoms with Crippen LogP contribution in [0.25, 0.3) is 22.2 Å². The number of hydrogen-bond acceptors (Lipinski definition) is 4. The summed E-state index contributed by atoms with van der Waals surface area (Å²) in [5.41, 5.74) is 6.83. The van der Waals surface area contributed by atoms with Gasteiger partial charge in [-0.05, 0) is 86.5 Å². The van der Waals surface area contributed by atoms with E-state index in [0.29, 0.717) is 11.3 Å². The Morgan fingerprint density at radius 1 is 0.844 bits per heavy atom. The van der Waals surface area contributed by atoms with Crippen LogP contribution in [0.1, 0.15) is 27.0 Å². The molecule has 0 aliphatic rings. The van der Waals surface area contributed by atoms with Crippen LogP contribution in [0, 0.1) is 20.8 Å². The first-order valence-corrected chi connectivity index (χ1v) is 10.4. The average Bonchev–Trinajstić information content (AvgIpc) is 2.79. The highest BCUT2D eigenvalue weighted by molar-refractivity contribution is 6.15. The number of hydrogen-bond donors (Lipinski definition) is 1. The molecule has 5 nitrogen and oxygen atoms in total. The van der Waals surface area contributed by atoms with Gasteiger partial charge in [0.2, 0.25) is 0 Å². The van der Waals surface area contributed by atoms with Crippen molar-refractivity contribution >= 4 is 22.5 Å². The van der Waals surface area contributed by atoms with E-state index in [1.54, 1.807) is 14.2 Å². The smallest absolute Gasteiger partial charge is 0.256 e. The first-order valence-electron chi connectivity index (χ1n) is 10.4. The molecule has 32 heavy (non-hydrogen) atoms. The zero-order valence-electron chi connectivity index (χ0n) is 18.9. The van der Waals surface area contributed by atoms with Crippen molar-refractivity contribution in [1.82, 2.24) is 4.98 Å². The maximum atomic E-state index is 13.5. The Hall–Kier alpha value is -3.86. The number of rotatable bonds is 5. The second-order valence-corrected chi connectivity index (χ2v) is 7.85. The van der Waals surface area contributed by atoms with Gasteiger partial charge >= 0.3 is 0 Å². The topological polar surface area (TPSA) is 60.5 Å². The lowest BCUT2D eigenvalue weighted by atomic mass is 9.94. The Labute approximate surface area is 188 Å². The van der Waals surface area contributed by atoms with Crippen molar-refractivity contribution < 1.29 is 14.3 Å². The Morgan fingerprint density at radius 2 is 1.44 bits per heavy atom. The number of aromatic nitrogens is 1. The van der Waals surface area contributed by atoms with Crippen molar-refractivity contribution in [2.75, 3.05) is 19.5 Å². The van der Waals surface area contributed by atoms with Gasteiger partial charge in [0, 0.05) is 16.6 Å². The fraction of sp³-hybridized carbons (Fsp3) is 0.185. The molecule has 5 heteroatoms. The molecule has 0 saturated heterocycles. The number of fused-ring (bicyclic) bond motifs is 1. The van der Waals surface area contributed by atoms with Crippen molar-refractivity contribution in [2.45, 2.75) is 20.8 Å². The standard InChI is InChI=1S/C27H26N2O3/c1-16-14-17(2)25-23(15-16)24(27(30)28-20-8-12-22(32-5)13-9-20)18(3)26(29-25)19-6-10-21(31-4)11-7-19/h6-15H,1-5H3,(H,28,30). The predicted molar refractivity (Wildman–Crippen MR) is 129 cm³/mol. The zero-order chi connectivity index (χ0) is 22.8. The Kier molecular flexibility index (Phi) is 5.82. The van der Waals surface area contributed by atoms with E-state index in [-0.39, 0.29) is 5.91 Å². The second-order valence-electron chi connectivity index (χ2n) is 7.85. The minimum absolute atomic E-state index is 0.167. The first-order chi connectivity index (χ1) is 15.4. The third-order valence-corrected chi connectivity index (χ3v) is 5.61. The molecule has 1 aromatic heterocycles. The summed E-state index contributed by atoms with van der Waals surface area (Å²) in [6.07, 6.45) is 0. The molecule has 0 bridgehead atoms. The minimum Gasteiger partial charge on any atom is -0.497 e. The van der Waals surface area contributed by atoms with Crippen LogP contribution in [0.3, 0.4) is 0 Å². The van der Waals surface area contributed by atoms with Crippen LogP contribution >= 0.6 is 0 Å². The number of nitrogens with one attached hydrogen (secondary N) is 1. The van der Waals surface area contributed by atoms with E-state index in [2.05, 4.69) is 11.4 Å². The maximum Gasteiger partial charge on any atom is 0.256 e. The van der Waals surface area contributed by atoms with Gasteiger partial charge < -0.3 is 14.8 Å². The maximum absolute atomic E-state index is 13.5. The van der Waals surface area contributed by atoms with Crippen LogP contribution in [0.5, 0.6) is 11.5 Å². The van der Waals surface area contributed by atoms with Gasteiger partial charge in [-0.3, -0.25) is 4.79 Å². The van der Waals surface area contributed by atoms with Gasteiger partial charge in [0.05, 0.1) is 31.0 Å². The lowest BCUT2D eigenvalue weighted by molar-refractivity contribution is 0.102. The second kappa shape index (κ2) is 8.71. The third-order valence-electron chi connectivity index (χ3n) is 5.61. The molecule has 4 rings (SSSR count). The number of nitrogens with zero attached hydrogens (tertiary/aromatic N) is 1. The van der Waals surface area contributed by atoms with E-state index in [1.165, 1.54) is 0 Å². The molecule has 0 radical (unpaired) electrons. The summed E-state index contributed by atoms with van der Waals surface area (Å²) in [6.45, 7) is 6.01. The quantitative estimate of drug-likeness (QED) is 0.419. The van der Waals surface area contributed by atoms with Gasteiger partial charge in [-0.15, -0.1) is 0 Å². The van der Waals surface area contributed by atoms with Crippen molar-refractivity contribution in [1.29, 1.82) is 0 Å². The summed E-state index contributed by atoms with van der Waals surface area (Å²) in [4.78, 5) is 18.5. The summed E-state index contributed by atoms with van der Waals surface area (Å²) >= 11 is 0. The normalized spacial score (nSPS) is 10.8. The van der Waals surface area contributed by atoms with Crippen LogP contribution in [0.15, 0.2) is 60.7 Å². The largest absolute Gasteiger partial charge is 0.497 e. The molecular formula is C27H26N2O3. The summed E-state index contributed by atoms with van der Waals surface area (Å²) in [7, 11) is 3.26. The van der Waals surface area contributed by atoms with Crippen molar-refractivity contribution in [3.8, 4) is 22.8 Å². The van der Waals surface area contributed by atoms with Crippen molar-refractivity contribution in [2.24, 2.45) is 0 Å². The molecule has 0 aliphatic carbocycles. The van der Waals surface area contributed by atoms with E-state index in [4.69, 9.17) is 14.5 Å². The summed E-state index contributed by atoms with van der Waals surface area (Å²) < 4.78 is 10.5. The highest BCUT2D eigenvalue weighted by Crippen LogP contribution is 2.33. The molecule has 0 spiro atoms. The summed E-state index contributed by atoms with van der Waals surface area (Å²) in [5.74, 6) is 1.35. The molecule has 0 saturated carbocycles. The Balaban J connectivity index is 1.88. The van der Waals surface area contributed by atoms with Gasteiger partial charge in [-0.1, -0.05) is 11.6 Å². The van der Waals surface area contributed by atoms with E-state index in [9.17, 15) is 4.79 Å². The lowest BCUT2D eigenvalue weighted by Crippen LogP contribution is -2.15. The third kappa shape index (κ3) is 4.02. The number of ether oxygens (including phenoxy) is 2. The molecule has 162 valence electrons. The molecular weight excluding hydrogens is 400 g/mol. The predicted octanol–water partition coefficient (Wildman–Crippen LogP) is 6.10. The number of amides is 1. The zero-order valence-corrected chi connectivity index (χ0v) is 18.9. The highest BCUT2D eigenvalue weighted by atomic mass is 16.5. The number of methoxy groups -OCH3 is 2. The van der Waals surface area contributed by atoms with Crippen molar-refractivity contribution in [3.63, 3.8) is 0 Å². The van der Waals surface area contributed by atoms with Gasteiger partial charge in [0.1, 0.15) is 11.5 Å². The molecule has 0 unspecified atom stereocenters. The number of anilines is 1. The number of benzene rings is 3. The first kappa shape index (κ1) is 21.4. The fourth-order valence-corrected chi connectivity index (χ4v) is 4.01. The molecule has 1 N–H and O–H groups in total. The molecule has 4 aromatic rings. The molecule has 1 heterocycles. The number of aryl methyl sites for hydroxylation is 2. The van der Waals surface area contributed by atoms with Crippen LogP contribution in [-0.2, 0) is 0 Å². The molecule has 1 amide bonds. The van der Waals surface area contributed by atoms with E-state index in [1.807, 2.05) is 75.4 Å².